The van der Waals surface area contributed by atoms with E-state index in [-0.39, 0.29) is 5.56 Å². The highest BCUT2D eigenvalue weighted by atomic mass is 19.1. The Morgan fingerprint density at radius 1 is 0.808 bits per heavy atom. The molecule has 0 spiro atoms. The number of hydrogen-bond acceptors (Lipinski definition) is 3. The van der Waals surface area contributed by atoms with Crippen LogP contribution in [-0.4, -0.2) is 17.0 Å². The highest BCUT2D eigenvalue weighted by Crippen LogP contribution is 2.30. The lowest BCUT2D eigenvalue weighted by Gasteiger charge is -2.10. The zero-order valence-electron chi connectivity index (χ0n) is 14.0. The Balaban J connectivity index is 1.93. The number of aromatic nitrogens is 2. The third-order valence-corrected chi connectivity index (χ3v) is 4.21. The maximum atomic E-state index is 14.1. The van der Waals surface area contributed by atoms with Crippen molar-refractivity contribution in [3.63, 3.8) is 0 Å². The molecule has 0 amide bonds. The molecule has 5 heteroatoms. The third-order valence-electron chi connectivity index (χ3n) is 4.21. The summed E-state index contributed by atoms with van der Waals surface area (Å²) in [5.74, 6) is 0.293. The number of anilines is 1. The van der Waals surface area contributed by atoms with Gasteiger partial charge in [-0.05, 0) is 35.9 Å². The van der Waals surface area contributed by atoms with Crippen LogP contribution in [0.15, 0.2) is 66.7 Å². The van der Waals surface area contributed by atoms with Crippen molar-refractivity contribution in [2.45, 2.75) is 0 Å². The van der Waals surface area contributed by atoms with Crippen LogP contribution in [0.4, 0.5) is 14.6 Å². The Labute approximate surface area is 149 Å². The summed E-state index contributed by atoms with van der Waals surface area (Å²) in [5.41, 5.74) is 2.31. The van der Waals surface area contributed by atoms with Gasteiger partial charge in [0.25, 0.3) is 0 Å². The molecule has 4 rings (SSSR count). The fourth-order valence-corrected chi connectivity index (χ4v) is 2.92. The van der Waals surface area contributed by atoms with Gasteiger partial charge in [-0.2, -0.15) is 0 Å². The average Bonchev–Trinajstić information content (AvgIpc) is 2.69. The van der Waals surface area contributed by atoms with Crippen LogP contribution in [0.3, 0.4) is 0 Å². The van der Waals surface area contributed by atoms with Gasteiger partial charge in [-0.15, -0.1) is 0 Å². The van der Waals surface area contributed by atoms with Crippen LogP contribution in [0.5, 0.6) is 0 Å². The smallest absolute Gasteiger partial charge is 0.162 e. The lowest BCUT2D eigenvalue weighted by atomic mass is 10.0. The predicted octanol–water partition coefficient (Wildman–Crippen LogP) is 5.28. The number of halogens is 2. The van der Waals surface area contributed by atoms with Crippen LogP contribution in [0.2, 0.25) is 0 Å². The number of nitrogens with zero attached hydrogens (tertiary/aromatic N) is 2. The summed E-state index contributed by atoms with van der Waals surface area (Å²) in [7, 11) is 1.79. The van der Waals surface area contributed by atoms with E-state index in [1.807, 2.05) is 36.4 Å². The number of hydrogen-bond donors (Lipinski definition) is 1. The van der Waals surface area contributed by atoms with Crippen LogP contribution in [-0.2, 0) is 0 Å². The molecule has 1 aromatic heterocycles. The first kappa shape index (κ1) is 16.1. The first-order valence-electron chi connectivity index (χ1n) is 8.16. The van der Waals surface area contributed by atoms with E-state index in [2.05, 4.69) is 15.3 Å². The predicted molar refractivity (Wildman–Crippen MR) is 99.9 cm³/mol. The summed E-state index contributed by atoms with van der Waals surface area (Å²) >= 11 is 0. The Bertz CT molecular complexity index is 1100. The largest absolute Gasteiger partial charge is 0.373 e. The summed E-state index contributed by atoms with van der Waals surface area (Å²) in [5, 5.41) is 3.89. The van der Waals surface area contributed by atoms with E-state index < -0.39 is 11.6 Å². The highest BCUT2D eigenvalue weighted by molar-refractivity contribution is 5.93. The second-order valence-corrected chi connectivity index (χ2v) is 5.87. The van der Waals surface area contributed by atoms with Crippen LogP contribution in [0.1, 0.15) is 0 Å². The van der Waals surface area contributed by atoms with Crippen LogP contribution >= 0.6 is 0 Å². The highest BCUT2D eigenvalue weighted by Gasteiger charge is 2.12. The zero-order chi connectivity index (χ0) is 18.1. The van der Waals surface area contributed by atoms with E-state index >= 15 is 0 Å². The van der Waals surface area contributed by atoms with E-state index in [1.165, 1.54) is 6.07 Å². The van der Waals surface area contributed by atoms with Gasteiger partial charge >= 0.3 is 0 Å². The topological polar surface area (TPSA) is 37.8 Å². The summed E-state index contributed by atoms with van der Waals surface area (Å²) in [6.07, 6.45) is 0. The number of benzene rings is 3. The molecule has 0 unspecified atom stereocenters. The molecule has 0 saturated carbocycles. The molecule has 1 N–H and O–H groups in total. The summed E-state index contributed by atoms with van der Waals surface area (Å²) in [4.78, 5) is 9.19. The molecule has 0 saturated heterocycles. The van der Waals surface area contributed by atoms with Crippen molar-refractivity contribution in [2.75, 3.05) is 12.4 Å². The number of nitrogens with one attached hydrogen (secondary N) is 1. The maximum Gasteiger partial charge on any atom is 0.162 e. The van der Waals surface area contributed by atoms with E-state index in [4.69, 9.17) is 0 Å². The van der Waals surface area contributed by atoms with Crippen LogP contribution < -0.4 is 5.32 Å². The molecule has 0 bridgehead atoms. The Hall–Kier alpha value is -3.34. The molecule has 26 heavy (non-hydrogen) atoms. The normalized spacial score (nSPS) is 10.9. The number of fused-ring (bicyclic) bond motifs is 1. The van der Waals surface area contributed by atoms with Gasteiger partial charge in [0.1, 0.15) is 17.5 Å². The molecule has 0 radical (unpaired) electrons. The minimum absolute atomic E-state index is 0.206. The second kappa shape index (κ2) is 6.52. The first-order valence-corrected chi connectivity index (χ1v) is 8.16. The molecule has 128 valence electrons. The molecular formula is C21H15F2N3. The molecule has 3 nitrogen and oxygen atoms in total. The molecule has 0 aliphatic rings. The van der Waals surface area contributed by atoms with Gasteiger partial charge in [0.2, 0.25) is 0 Å². The molecule has 1 heterocycles. The summed E-state index contributed by atoms with van der Waals surface area (Å²) < 4.78 is 27.7. The molecule has 4 aromatic rings. The molecule has 0 aliphatic heterocycles. The monoisotopic (exact) mass is 347 g/mol. The van der Waals surface area contributed by atoms with Gasteiger partial charge in [-0.1, -0.05) is 36.4 Å². The van der Waals surface area contributed by atoms with Gasteiger partial charge in [0, 0.05) is 23.6 Å². The van der Waals surface area contributed by atoms with Gasteiger partial charge in [-0.3, -0.25) is 0 Å². The quantitative estimate of drug-likeness (QED) is 0.548. The second-order valence-electron chi connectivity index (χ2n) is 5.87. The summed E-state index contributed by atoms with van der Waals surface area (Å²) in [6, 6.07) is 18.3. The lowest BCUT2D eigenvalue weighted by molar-refractivity contribution is 0.603. The SMILES string of the molecule is CNc1nc(-c2ccccc2)nc2cc(-c3cc(F)ccc3F)ccc12. The van der Waals surface area contributed by atoms with E-state index in [9.17, 15) is 8.78 Å². The van der Waals surface area contributed by atoms with Crippen molar-refractivity contribution in [1.82, 2.24) is 9.97 Å². The van der Waals surface area contributed by atoms with Gasteiger partial charge in [0.05, 0.1) is 5.52 Å². The molecule has 0 fully saturated rings. The average molecular weight is 347 g/mol. The van der Waals surface area contributed by atoms with Gasteiger partial charge < -0.3 is 5.32 Å². The van der Waals surface area contributed by atoms with Crippen molar-refractivity contribution in [1.29, 1.82) is 0 Å². The lowest BCUT2D eigenvalue weighted by Crippen LogP contribution is -1.99. The molecule has 0 atom stereocenters. The minimum atomic E-state index is -0.481. The van der Waals surface area contributed by atoms with Crippen molar-refractivity contribution < 1.29 is 8.78 Å². The standard InChI is InChI=1S/C21H15F2N3/c1-24-21-16-9-7-14(17-12-15(22)8-10-18(17)23)11-19(16)25-20(26-21)13-5-3-2-4-6-13/h2-12H,1H3,(H,24,25,26). The van der Waals surface area contributed by atoms with E-state index in [1.54, 1.807) is 19.2 Å². The Morgan fingerprint density at radius 3 is 2.38 bits per heavy atom. The van der Waals surface area contributed by atoms with Crippen molar-refractivity contribution in [3.8, 4) is 22.5 Å². The van der Waals surface area contributed by atoms with Crippen LogP contribution in [0.25, 0.3) is 33.4 Å². The zero-order valence-corrected chi connectivity index (χ0v) is 14.0. The molecule has 3 aromatic carbocycles. The van der Waals surface area contributed by atoms with Gasteiger partial charge in [0.15, 0.2) is 5.82 Å². The first-order chi connectivity index (χ1) is 12.7. The minimum Gasteiger partial charge on any atom is -0.373 e. The van der Waals surface area contributed by atoms with E-state index in [0.717, 1.165) is 23.1 Å². The maximum absolute atomic E-state index is 14.1. The number of rotatable bonds is 3. The Morgan fingerprint density at radius 2 is 1.62 bits per heavy atom. The summed E-state index contributed by atoms with van der Waals surface area (Å²) in [6.45, 7) is 0. The van der Waals surface area contributed by atoms with Gasteiger partial charge in [-0.25, -0.2) is 18.7 Å². The molecule has 0 aliphatic carbocycles. The van der Waals surface area contributed by atoms with Crippen molar-refractivity contribution >= 4 is 16.7 Å². The third kappa shape index (κ3) is 2.88. The van der Waals surface area contributed by atoms with Crippen molar-refractivity contribution in [2.24, 2.45) is 0 Å². The fraction of sp³-hybridized carbons (Fsp3) is 0.0476. The molecular weight excluding hydrogens is 332 g/mol. The van der Waals surface area contributed by atoms with Crippen LogP contribution in [0, 0.1) is 11.6 Å². The fourth-order valence-electron chi connectivity index (χ4n) is 2.92. The van der Waals surface area contributed by atoms with E-state index in [0.29, 0.717) is 22.7 Å². The van der Waals surface area contributed by atoms with Crippen molar-refractivity contribution in [3.05, 3.63) is 78.4 Å². The Kier molecular flexibility index (Phi) is 4.05.